The molecule has 2 atom stereocenters. The minimum Gasteiger partial charge on any atom is -0.480 e. The highest BCUT2D eigenvalue weighted by atomic mass is 16.4. The quantitative estimate of drug-likeness (QED) is 0.887. The van der Waals surface area contributed by atoms with Gasteiger partial charge in [0.15, 0.2) is 0 Å². The highest BCUT2D eigenvalue weighted by molar-refractivity contribution is 5.92. The van der Waals surface area contributed by atoms with Crippen LogP contribution in [0.2, 0.25) is 0 Å². The Labute approximate surface area is 152 Å². The molecule has 2 aliphatic rings. The van der Waals surface area contributed by atoms with Crippen LogP contribution < -0.4 is 0 Å². The van der Waals surface area contributed by atoms with Crippen LogP contribution >= 0.6 is 0 Å². The first-order chi connectivity index (χ1) is 12.2. The van der Waals surface area contributed by atoms with E-state index in [-0.39, 0.29) is 17.9 Å². The van der Waals surface area contributed by atoms with Crippen molar-refractivity contribution in [3.63, 3.8) is 0 Å². The van der Waals surface area contributed by atoms with Gasteiger partial charge in [0, 0.05) is 23.1 Å². The molecular formula is C20H25N3O3. The van der Waals surface area contributed by atoms with Gasteiger partial charge in [-0.2, -0.15) is 0 Å². The average Bonchev–Trinajstić information content (AvgIpc) is 3.02. The number of aliphatic carboxylic acids is 1. The van der Waals surface area contributed by atoms with Crippen LogP contribution in [0.25, 0.3) is 10.9 Å². The van der Waals surface area contributed by atoms with Crippen molar-refractivity contribution in [2.75, 3.05) is 0 Å². The summed E-state index contributed by atoms with van der Waals surface area (Å²) < 4.78 is 0. The number of hydrogen-bond acceptors (Lipinski definition) is 3. The van der Waals surface area contributed by atoms with Crippen molar-refractivity contribution in [2.45, 2.75) is 58.4 Å². The molecule has 1 saturated heterocycles. The lowest BCUT2D eigenvalue weighted by Gasteiger charge is -2.43. The summed E-state index contributed by atoms with van der Waals surface area (Å²) in [6.45, 7) is 8.24. The van der Waals surface area contributed by atoms with Gasteiger partial charge in [0.1, 0.15) is 6.04 Å². The normalized spacial score (nSPS) is 23.3. The predicted octanol–water partition coefficient (Wildman–Crippen LogP) is 2.58. The molecule has 0 spiro atoms. The molecule has 0 saturated carbocycles. The number of carboxylic acid groups (broad SMARTS) is 1. The SMILES string of the molecule is CC(C)[C@@H](C(=O)O)N1C(=O)[C@@H]2Cc3c([nH]c4ccccc34)CN2C1(C)C. The van der Waals surface area contributed by atoms with E-state index in [0.29, 0.717) is 13.0 Å². The number of nitrogens with zero attached hydrogens (tertiary/aromatic N) is 2. The van der Waals surface area contributed by atoms with Gasteiger partial charge in [0.25, 0.3) is 0 Å². The zero-order valence-electron chi connectivity index (χ0n) is 15.6. The van der Waals surface area contributed by atoms with Crippen LogP contribution in [0.3, 0.4) is 0 Å². The molecule has 3 heterocycles. The molecule has 138 valence electrons. The number of aromatic amines is 1. The van der Waals surface area contributed by atoms with Gasteiger partial charge in [-0.25, -0.2) is 4.79 Å². The van der Waals surface area contributed by atoms with Crippen LogP contribution in [0.15, 0.2) is 24.3 Å². The van der Waals surface area contributed by atoms with Crippen molar-refractivity contribution in [1.82, 2.24) is 14.8 Å². The predicted molar refractivity (Wildman–Crippen MR) is 98.5 cm³/mol. The standard InChI is InChI=1S/C20H25N3O3/c1-11(2)17(19(25)26)23-18(24)16-9-13-12-7-5-6-8-14(12)21-15(13)10-22(16)20(23,3)4/h5-8,11,16-17,21H,9-10H2,1-4H3,(H,25,26)/t16-,17-/m0/s1. The molecule has 1 amide bonds. The number of H-pyrrole nitrogens is 1. The lowest BCUT2D eigenvalue weighted by Crippen LogP contribution is -2.57. The Morgan fingerprint density at radius 3 is 2.65 bits per heavy atom. The van der Waals surface area contributed by atoms with Crippen molar-refractivity contribution < 1.29 is 14.7 Å². The Kier molecular flexibility index (Phi) is 3.67. The number of para-hydroxylation sites is 1. The topological polar surface area (TPSA) is 76.6 Å². The number of carboxylic acids is 1. The number of nitrogens with one attached hydrogen (secondary N) is 1. The van der Waals surface area contributed by atoms with Gasteiger partial charge in [0.2, 0.25) is 5.91 Å². The summed E-state index contributed by atoms with van der Waals surface area (Å²) in [7, 11) is 0. The fraction of sp³-hybridized carbons (Fsp3) is 0.500. The molecule has 0 aliphatic carbocycles. The third-order valence-corrected chi connectivity index (χ3v) is 5.98. The smallest absolute Gasteiger partial charge is 0.326 e. The lowest BCUT2D eigenvalue weighted by molar-refractivity contribution is -0.155. The van der Waals surface area contributed by atoms with E-state index in [2.05, 4.69) is 22.0 Å². The zero-order chi connectivity index (χ0) is 18.8. The minimum atomic E-state index is -0.940. The molecule has 4 rings (SSSR count). The first kappa shape index (κ1) is 17.1. The van der Waals surface area contributed by atoms with E-state index < -0.39 is 17.7 Å². The molecule has 0 bridgehead atoms. The van der Waals surface area contributed by atoms with E-state index in [0.717, 1.165) is 16.6 Å². The van der Waals surface area contributed by atoms with E-state index in [1.807, 2.05) is 39.8 Å². The van der Waals surface area contributed by atoms with Gasteiger partial charge in [-0.05, 0) is 37.8 Å². The second-order valence-electron chi connectivity index (χ2n) is 8.21. The first-order valence-corrected chi connectivity index (χ1v) is 9.14. The largest absolute Gasteiger partial charge is 0.480 e. The first-order valence-electron chi connectivity index (χ1n) is 9.14. The van der Waals surface area contributed by atoms with Gasteiger partial charge in [-0.15, -0.1) is 0 Å². The fourth-order valence-electron chi connectivity index (χ4n) is 4.74. The molecule has 2 N–H and O–H groups in total. The van der Waals surface area contributed by atoms with Crippen molar-refractivity contribution in [3.8, 4) is 0 Å². The third-order valence-electron chi connectivity index (χ3n) is 5.98. The van der Waals surface area contributed by atoms with E-state index in [4.69, 9.17) is 0 Å². The highest BCUT2D eigenvalue weighted by Gasteiger charge is 2.57. The van der Waals surface area contributed by atoms with Crippen molar-refractivity contribution in [1.29, 1.82) is 0 Å². The molecule has 26 heavy (non-hydrogen) atoms. The van der Waals surface area contributed by atoms with Crippen LogP contribution in [0, 0.1) is 5.92 Å². The van der Waals surface area contributed by atoms with Crippen molar-refractivity contribution >= 4 is 22.8 Å². The summed E-state index contributed by atoms with van der Waals surface area (Å²) in [4.78, 5) is 32.4. The maximum Gasteiger partial charge on any atom is 0.326 e. The number of amides is 1. The summed E-state index contributed by atoms with van der Waals surface area (Å²) in [5.74, 6) is -1.17. The highest BCUT2D eigenvalue weighted by Crippen LogP contribution is 2.42. The van der Waals surface area contributed by atoms with Gasteiger partial charge in [-0.3, -0.25) is 9.69 Å². The van der Waals surface area contributed by atoms with Crippen LogP contribution in [0.1, 0.15) is 39.0 Å². The van der Waals surface area contributed by atoms with Gasteiger partial charge in [-0.1, -0.05) is 32.0 Å². The second kappa shape index (κ2) is 5.58. The van der Waals surface area contributed by atoms with E-state index in [9.17, 15) is 14.7 Å². The number of rotatable bonds is 3. The fourth-order valence-corrected chi connectivity index (χ4v) is 4.74. The summed E-state index contributed by atoms with van der Waals surface area (Å²) in [6.07, 6.45) is 0.614. The monoisotopic (exact) mass is 355 g/mol. The molecule has 6 heteroatoms. The Morgan fingerprint density at radius 2 is 2.00 bits per heavy atom. The van der Waals surface area contributed by atoms with Crippen molar-refractivity contribution in [3.05, 3.63) is 35.5 Å². The van der Waals surface area contributed by atoms with E-state index in [1.54, 1.807) is 4.90 Å². The summed E-state index contributed by atoms with van der Waals surface area (Å²) >= 11 is 0. The summed E-state index contributed by atoms with van der Waals surface area (Å²) in [5.41, 5.74) is 2.75. The van der Waals surface area contributed by atoms with Crippen LogP contribution in [0.5, 0.6) is 0 Å². The van der Waals surface area contributed by atoms with Crippen LogP contribution in [-0.2, 0) is 22.6 Å². The molecule has 0 unspecified atom stereocenters. The third kappa shape index (κ3) is 2.21. The summed E-state index contributed by atoms with van der Waals surface area (Å²) in [6, 6.07) is 7.01. The number of carbonyl (C=O) groups excluding carboxylic acids is 1. The Balaban J connectivity index is 1.77. The van der Waals surface area contributed by atoms with E-state index >= 15 is 0 Å². The second-order valence-corrected chi connectivity index (χ2v) is 8.21. The van der Waals surface area contributed by atoms with E-state index in [1.165, 1.54) is 5.56 Å². The summed E-state index contributed by atoms with van der Waals surface area (Å²) in [5, 5.41) is 10.9. The van der Waals surface area contributed by atoms with Gasteiger partial charge >= 0.3 is 5.97 Å². The van der Waals surface area contributed by atoms with Crippen LogP contribution in [0.4, 0.5) is 0 Å². The molecule has 0 radical (unpaired) electrons. The molecule has 6 nitrogen and oxygen atoms in total. The molecule has 2 aliphatic heterocycles. The Bertz CT molecular complexity index is 899. The molecular weight excluding hydrogens is 330 g/mol. The zero-order valence-corrected chi connectivity index (χ0v) is 15.6. The lowest BCUT2D eigenvalue weighted by atomic mass is 9.96. The van der Waals surface area contributed by atoms with Gasteiger partial charge in [0.05, 0.1) is 11.7 Å². The number of benzene rings is 1. The Hall–Kier alpha value is -2.34. The number of carbonyl (C=O) groups is 2. The van der Waals surface area contributed by atoms with Gasteiger partial charge < -0.3 is 15.0 Å². The number of hydrogen-bond donors (Lipinski definition) is 2. The Morgan fingerprint density at radius 1 is 1.31 bits per heavy atom. The molecule has 1 aromatic heterocycles. The van der Waals surface area contributed by atoms with Crippen molar-refractivity contribution in [2.24, 2.45) is 5.92 Å². The van der Waals surface area contributed by atoms with Crippen LogP contribution in [-0.4, -0.2) is 49.5 Å². The average molecular weight is 355 g/mol. The number of fused-ring (bicyclic) bond motifs is 4. The maximum atomic E-state index is 13.3. The molecule has 1 aromatic carbocycles. The molecule has 2 aromatic rings. The minimum absolute atomic E-state index is 0.0768. The maximum absolute atomic E-state index is 13.3. The number of aromatic nitrogens is 1. The molecule has 1 fully saturated rings.